The first-order chi connectivity index (χ1) is 9.18. The summed E-state index contributed by atoms with van der Waals surface area (Å²) in [6, 6.07) is 8.06. The van der Waals surface area contributed by atoms with E-state index in [2.05, 4.69) is 9.97 Å². The first kappa shape index (κ1) is 11.2. The van der Waals surface area contributed by atoms with Gasteiger partial charge in [0.15, 0.2) is 11.6 Å². The van der Waals surface area contributed by atoms with Crippen LogP contribution < -0.4 is 0 Å². The zero-order valence-corrected chi connectivity index (χ0v) is 9.69. The first-order valence-electron chi connectivity index (χ1n) is 5.52. The van der Waals surface area contributed by atoms with Crippen LogP contribution >= 0.6 is 0 Å². The minimum absolute atomic E-state index is 0.0655. The van der Waals surface area contributed by atoms with E-state index in [0.29, 0.717) is 16.9 Å². The van der Waals surface area contributed by atoms with Crippen molar-refractivity contribution in [3.63, 3.8) is 0 Å². The van der Waals surface area contributed by atoms with E-state index in [1.54, 1.807) is 36.7 Å². The summed E-state index contributed by atoms with van der Waals surface area (Å²) in [7, 11) is 0. The minimum Gasteiger partial charge on any atom is -0.494 e. The highest BCUT2D eigenvalue weighted by Gasteiger charge is 2.19. The highest BCUT2D eigenvalue weighted by Crippen LogP contribution is 2.26. The van der Waals surface area contributed by atoms with Crippen LogP contribution in [-0.2, 0) is 0 Å². The molecule has 19 heavy (non-hydrogen) atoms. The van der Waals surface area contributed by atoms with Gasteiger partial charge in [0.1, 0.15) is 5.82 Å². The van der Waals surface area contributed by atoms with Crippen molar-refractivity contribution >= 4 is 11.5 Å². The third-order valence-corrected chi connectivity index (χ3v) is 2.78. The zero-order valence-electron chi connectivity index (χ0n) is 9.69. The third kappa shape index (κ3) is 1.70. The molecule has 0 unspecified atom stereocenters. The largest absolute Gasteiger partial charge is 0.494 e. The lowest BCUT2D eigenvalue weighted by Crippen LogP contribution is -1.97. The van der Waals surface area contributed by atoms with Gasteiger partial charge in [0.05, 0.1) is 5.52 Å². The second-order valence-electron chi connectivity index (χ2n) is 3.93. The summed E-state index contributed by atoms with van der Waals surface area (Å²) >= 11 is 0. The molecule has 0 bridgehead atoms. The van der Waals surface area contributed by atoms with E-state index in [-0.39, 0.29) is 11.6 Å². The number of carboxylic acid groups (broad SMARTS) is 1. The van der Waals surface area contributed by atoms with Gasteiger partial charge >= 0.3 is 5.97 Å². The van der Waals surface area contributed by atoms with E-state index in [4.69, 9.17) is 5.11 Å². The van der Waals surface area contributed by atoms with E-state index in [0.717, 1.165) is 0 Å². The fourth-order valence-corrected chi connectivity index (χ4v) is 1.97. The molecular formula is C13H9N3O3. The molecule has 3 heterocycles. The van der Waals surface area contributed by atoms with Crippen LogP contribution in [-0.4, -0.2) is 30.6 Å². The molecule has 0 saturated carbocycles. The van der Waals surface area contributed by atoms with Crippen molar-refractivity contribution in [1.29, 1.82) is 0 Å². The maximum atomic E-state index is 11.2. The minimum atomic E-state index is -1.14. The Kier molecular flexibility index (Phi) is 2.42. The molecular weight excluding hydrogens is 246 g/mol. The number of imidazole rings is 1. The molecule has 0 fully saturated rings. The number of hydrogen-bond acceptors (Lipinski definition) is 4. The van der Waals surface area contributed by atoms with Gasteiger partial charge in [0.25, 0.3) is 0 Å². The fourth-order valence-electron chi connectivity index (χ4n) is 1.97. The molecule has 0 atom stereocenters. The van der Waals surface area contributed by atoms with Crippen molar-refractivity contribution in [3.05, 3.63) is 48.4 Å². The number of aromatic carboxylic acids is 1. The number of aromatic hydroxyl groups is 1. The van der Waals surface area contributed by atoms with Gasteiger partial charge in [-0.2, -0.15) is 0 Å². The maximum absolute atomic E-state index is 11.2. The van der Waals surface area contributed by atoms with E-state index < -0.39 is 5.97 Å². The number of fused-ring (bicyclic) bond motifs is 1. The molecule has 0 spiro atoms. The predicted octanol–water partition coefficient (Wildman–Crippen LogP) is 1.80. The third-order valence-electron chi connectivity index (χ3n) is 2.78. The van der Waals surface area contributed by atoms with Crippen LogP contribution in [0.1, 0.15) is 10.5 Å². The number of rotatable bonds is 2. The SMILES string of the molecule is O=C(O)c1nc(-c2ccncc2)n2c(O)cccc12. The Morgan fingerprint density at radius 1 is 1.16 bits per heavy atom. The monoisotopic (exact) mass is 255 g/mol. The topological polar surface area (TPSA) is 87.7 Å². The molecule has 0 aliphatic rings. The number of aromatic nitrogens is 3. The van der Waals surface area contributed by atoms with Crippen LogP contribution in [0.4, 0.5) is 0 Å². The molecule has 3 aromatic heterocycles. The lowest BCUT2D eigenvalue weighted by atomic mass is 10.2. The van der Waals surface area contributed by atoms with Crippen LogP contribution in [0.2, 0.25) is 0 Å². The molecule has 3 rings (SSSR count). The standard InChI is InChI=1S/C13H9N3O3/c17-10-3-1-2-9-11(13(18)19)15-12(16(9)10)8-4-6-14-7-5-8/h1-7,17H,(H,18,19). The smallest absolute Gasteiger partial charge is 0.356 e. The number of carboxylic acids is 1. The molecule has 94 valence electrons. The Bertz CT molecular complexity index is 765. The zero-order chi connectivity index (χ0) is 13.4. The van der Waals surface area contributed by atoms with E-state index in [1.807, 2.05) is 0 Å². The molecule has 0 aromatic carbocycles. The van der Waals surface area contributed by atoms with Gasteiger partial charge in [-0.1, -0.05) is 6.07 Å². The van der Waals surface area contributed by atoms with Crippen LogP contribution in [0.3, 0.4) is 0 Å². The second-order valence-corrected chi connectivity index (χ2v) is 3.93. The molecule has 6 nitrogen and oxygen atoms in total. The number of hydrogen-bond donors (Lipinski definition) is 2. The molecule has 2 N–H and O–H groups in total. The van der Waals surface area contributed by atoms with Crippen LogP contribution in [0.5, 0.6) is 5.88 Å². The van der Waals surface area contributed by atoms with Gasteiger partial charge in [-0.15, -0.1) is 0 Å². The Balaban J connectivity index is 2.40. The molecule has 3 aromatic rings. The quantitative estimate of drug-likeness (QED) is 0.729. The van der Waals surface area contributed by atoms with Gasteiger partial charge < -0.3 is 10.2 Å². The second kappa shape index (κ2) is 4.09. The molecule has 0 saturated heterocycles. The van der Waals surface area contributed by atoms with Crippen LogP contribution in [0.15, 0.2) is 42.7 Å². The summed E-state index contributed by atoms with van der Waals surface area (Å²) in [6.07, 6.45) is 3.16. The molecule has 0 aliphatic heterocycles. The predicted molar refractivity (Wildman–Crippen MR) is 67.0 cm³/mol. The molecule has 0 aliphatic carbocycles. The molecule has 0 amide bonds. The molecule has 6 heteroatoms. The van der Waals surface area contributed by atoms with Gasteiger partial charge in [0, 0.05) is 18.0 Å². The molecule has 0 radical (unpaired) electrons. The van der Waals surface area contributed by atoms with Gasteiger partial charge in [-0.3, -0.25) is 9.38 Å². The summed E-state index contributed by atoms with van der Waals surface area (Å²) in [4.78, 5) is 19.2. The Morgan fingerprint density at radius 3 is 2.58 bits per heavy atom. The average Bonchev–Trinajstić information content (AvgIpc) is 2.81. The van der Waals surface area contributed by atoms with Crippen molar-refractivity contribution < 1.29 is 15.0 Å². The van der Waals surface area contributed by atoms with Gasteiger partial charge in [-0.25, -0.2) is 9.78 Å². The highest BCUT2D eigenvalue weighted by molar-refractivity contribution is 5.95. The van der Waals surface area contributed by atoms with E-state index in [1.165, 1.54) is 10.5 Å². The highest BCUT2D eigenvalue weighted by atomic mass is 16.4. The van der Waals surface area contributed by atoms with Crippen LogP contribution in [0.25, 0.3) is 16.9 Å². The summed E-state index contributed by atoms with van der Waals surface area (Å²) in [5.41, 5.74) is 0.932. The Hall–Kier alpha value is -2.89. The van der Waals surface area contributed by atoms with E-state index in [9.17, 15) is 9.90 Å². The summed E-state index contributed by atoms with van der Waals surface area (Å²) in [5.74, 6) is -0.833. The van der Waals surface area contributed by atoms with Crippen molar-refractivity contribution in [2.75, 3.05) is 0 Å². The lowest BCUT2D eigenvalue weighted by Gasteiger charge is -2.02. The number of nitrogens with zero attached hydrogens (tertiary/aromatic N) is 3. The number of pyridine rings is 2. The number of carbonyl (C=O) groups is 1. The summed E-state index contributed by atoms with van der Waals surface area (Å²) in [5, 5.41) is 19.1. The fraction of sp³-hybridized carbons (Fsp3) is 0. The lowest BCUT2D eigenvalue weighted by molar-refractivity contribution is 0.0693. The van der Waals surface area contributed by atoms with Crippen molar-refractivity contribution in [2.24, 2.45) is 0 Å². The van der Waals surface area contributed by atoms with Crippen molar-refractivity contribution in [2.45, 2.75) is 0 Å². The summed E-state index contributed by atoms with van der Waals surface area (Å²) < 4.78 is 1.40. The van der Waals surface area contributed by atoms with Crippen molar-refractivity contribution in [1.82, 2.24) is 14.4 Å². The van der Waals surface area contributed by atoms with Crippen LogP contribution in [0, 0.1) is 0 Å². The van der Waals surface area contributed by atoms with Gasteiger partial charge in [0.2, 0.25) is 0 Å². The normalized spacial score (nSPS) is 10.7. The van der Waals surface area contributed by atoms with Crippen molar-refractivity contribution in [3.8, 4) is 17.3 Å². The summed E-state index contributed by atoms with van der Waals surface area (Å²) in [6.45, 7) is 0. The Labute approximate surface area is 107 Å². The van der Waals surface area contributed by atoms with Gasteiger partial charge in [-0.05, 0) is 24.3 Å². The first-order valence-corrected chi connectivity index (χ1v) is 5.52. The van der Waals surface area contributed by atoms with E-state index >= 15 is 0 Å². The average molecular weight is 255 g/mol. The Morgan fingerprint density at radius 2 is 1.89 bits per heavy atom. The maximum Gasteiger partial charge on any atom is 0.356 e.